The molecule has 2 N–H and O–H groups in total. The standard InChI is InChI=1S/C23H31N3O2/c1-28-22-8-4-3-7-20(22)18-25-21-11-9-19(10-12-21)17-23(27)24-13-16-26-14-5-2-6-15-26/h3-4,7-12,25H,2,5-6,13-18H2,1H3,(H,24,27). The number of benzene rings is 2. The van der Waals surface area contributed by atoms with E-state index < -0.39 is 0 Å². The van der Waals surface area contributed by atoms with E-state index in [9.17, 15) is 4.79 Å². The molecule has 5 nitrogen and oxygen atoms in total. The van der Waals surface area contributed by atoms with Gasteiger partial charge in [-0.05, 0) is 49.7 Å². The van der Waals surface area contributed by atoms with Crippen molar-refractivity contribution in [3.63, 3.8) is 0 Å². The molecule has 1 aliphatic rings. The third-order valence-electron chi connectivity index (χ3n) is 5.19. The van der Waals surface area contributed by atoms with E-state index in [0.29, 0.717) is 13.0 Å². The lowest BCUT2D eigenvalue weighted by atomic mass is 10.1. The second kappa shape index (κ2) is 10.7. The van der Waals surface area contributed by atoms with Gasteiger partial charge in [0.1, 0.15) is 5.75 Å². The van der Waals surface area contributed by atoms with Gasteiger partial charge in [0.25, 0.3) is 0 Å². The zero-order valence-corrected chi connectivity index (χ0v) is 16.7. The Balaban J connectivity index is 1.40. The molecule has 1 fully saturated rings. The number of hydrogen-bond acceptors (Lipinski definition) is 4. The highest BCUT2D eigenvalue weighted by Crippen LogP contribution is 2.19. The second-order valence-corrected chi connectivity index (χ2v) is 7.29. The molecule has 5 heteroatoms. The number of methoxy groups -OCH3 is 1. The molecule has 0 aromatic heterocycles. The zero-order chi connectivity index (χ0) is 19.6. The SMILES string of the molecule is COc1ccccc1CNc1ccc(CC(=O)NCCN2CCCCC2)cc1. The number of nitrogens with zero attached hydrogens (tertiary/aromatic N) is 1. The summed E-state index contributed by atoms with van der Waals surface area (Å²) in [5, 5.41) is 6.44. The topological polar surface area (TPSA) is 53.6 Å². The van der Waals surface area contributed by atoms with E-state index in [0.717, 1.165) is 35.7 Å². The molecule has 1 amide bonds. The number of likely N-dealkylation sites (tertiary alicyclic amines) is 1. The molecule has 0 unspecified atom stereocenters. The molecule has 1 heterocycles. The number of piperidine rings is 1. The van der Waals surface area contributed by atoms with Gasteiger partial charge < -0.3 is 20.3 Å². The Labute approximate surface area is 168 Å². The van der Waals surface area contributed by atoms with Crippen molar-refractivity contribution >= 4 is 11.6 Å². The first kappa shape index (κ1) is 20.2. The summed E-state index contributed by atoms with van der Waals surface area (Å²) in [4.78, 5) is 14.6. The Morgan fingerprint density at radius 1 is 1.04 bits per heavy atom. The van der Waals surface area contributed by atoms with Gasteiger partial charge in [-0.3, -0.25) is 4.79 Å². The molecule has 0 atom stereocenters. The molecule has 150 valence electrons. The van der Waals surface area contributed by atoms with Gasteiger partial charge in [0.15, 0.2) is 0 Å². The molecule has 28 heavy (non-hydrogen) atoms. The number of hydrogen-bond donors (Lipinski definition) is 2. The summed E-state index contributed by atoms with van der Waals surface area (Å²) in [6.07, 6.45) is 4.33. The first-order valence-corrected chi connectivity index (χ1v) is 10.2. The van der Waals surface area contributed by atoms with Crippen molar-refractivity contribution in [3.8, 4) is 5.75 Å². The Morgan fingerprint density at radius 3 is 2.54 bits per heavy atom. The van der Waals surface area contributed by atoms with Crippen LogP contribution in [0, 0.1) is 0 Å². The number of para-hydroxylation sites is 1. The number of nitrogens with one attached hydrogen (secondary N) is 2. The van der Waals surface area contributed by atoms with Crippen LogP contribution in [0.1, 0.15) is 30.4 Å². The van der Waals surface area contributed by atoms with Crippen LogP contribution in [0.3, 0.4) is 0 Å². The van der Waals surface area contributed by atoms with Crippen molar-refractivity contribution in [3.05, 3.63) is 59.7 Å². The van der Waals surface area contributed by atoms with E-state index in [-0.39, 0.29) is 5.91 Å². The Morgan fingerprint density at radius 2 is 1.79 bits per heavy atom. The molecule has 2 aromatic carbocycles. The molecule has 1 aliphatic heterocycles. The van der Waals surface area contributed by atoms with Crippen LogP contribution in [0.2, 0.25) is 0 Å². The van der Waals surface area contributed by atoms with Crippen LogP contribution in [-0.4, -0.2) is 44.1 Å². The van der Waals surface area contributed by atoms with E-state index in [1.807, 2.05) is 42.5 Å². The number of ether oxygens (including phenoxy) is 1. The van der Waals surface area contributed by atoms with Gasteiger partial charge in [-0.1, -0.05) is 36.8 Å². The van der Waals surface area contributed by atoms with Crippen molar-refractivity contribution in [1.29, 1.82) is 0 Å². The quantitative estimate of drug-likeness (QED) is 0.699. The van der Waals surface area contributed by atoms with Crippen LogP contribution < -0.4 is 15.4 Å². The molecule has 0 saturated carbocycles. The van der Waals surface area contributed by atoms with E-state index in [2.05, 4.69) is 21.6 Å². The van der Waals surface area contributed by atoms with Crippen LogP contribution in [0.15, 0.2) is 48.5 Å². The van der Waals surface area contributed by atoms with Crippen LogP contribution in [0.4, 0.5) is 5.69 Å². The molecular weight excluding hydrogens is 350 g/mol. The average molecular weight is 382 g/mol. The number of carbonyl (C=O) groups is 1. The molecule has 0 aliphatic carbocycles. The van der Waals surface area contributed by atoms with E-state index in [4.69, 9.17) is 4.74 Å². The fourth-order valence-electron chi connectivity index (χ4n) is 3.57. The van der Waals surface area contributed by atoms with Crippen LogP contribution in [-0.2, 0) is 17.8 Å². The first-order valence-electron chi connectivity index (χ1n) is 10.2. The van der Waals surface area contributed by atoms with Gasteiger partial charge in [0, 0.05) is 30.9 Å². The van der Waals surface area contributed by atoms with Crippen LogP contribution in [0.25, 0.3) is 0 Å². The number of amides is 1. The first-order chi connectivity index (χ1) is 13.7. The normalized spacial score (nSPS) is 14.5. The maximum absolute atomic E-state index is 12.2. The Bertz CT molecular complexity index is 740. The van der Waals surface area contributed by atoms with E-state index in [1.54, 1.807) is 7.11 Å². The van der Waals surface area contributed by atoms with Gasteiger partial charge in [-0.2, -0.15) is 0 Å². The van der Waals surface area contributed by atoms with Gasteiger partial charge in [-0.15, -0.1) is 0 Å². The smallest absolute Gasteiger partial charge is 0.224 e. The Kier molecular flexibility index (Phi) is 7.73. The van der Waals surface area contributed by atoms with Crippen molar-refractivity contribution < 1.29 is 9.53 Å². The van der Waals surface area contributed by atoms with Crippen molar-refractivity contribution in [2.45, 2.75) is 32.2 Å². The highest BCUT2D eigenvalue weighted by molar-refractivity contribution is 5.78. The number of carbonyl (C=O) groups excluding carboxylic acids is 1. The molecular formula is C23H31N3O2. The molecule has 0 spiro atoms. The lowest BCUT2D eigenvalue weighted by Crippen LogP contribution is -2.38. The summed E-state index contributed by atoms with van der Waals surface area (Å²) in [5.41, 5.74) is 3.17. The molecule has 2 aromatic rings. The van der Waals surface area contributed by atoms with Gasteiger partial charge in [-0.25, -0.2) is 0 Å². The van der Waals surface area contributed by atoms with Gasteiger partial charge in [0.2, 0.25) is 5.91 Å². The number of anilines is 1. The van der Waals surface area contributed by atoms with Crippen molar-refractivity contribution in [2.24, 2.45) is 0 Å². The van der Waals surface area contributed by atoms with Gasteiger partial charge in [0.05, 0.1) is 13.5 Å². The summed E-state index contributed by atoms with van der Waals surface area (Å²) in [7, 11) is 1.69. The predicted octanol–water partition coefficient (Wildman–Crippen LogP) is 3.45. The van der Waals surface area contributed by atoms with E-state index >= 15 is 0 Å². The molecule has 1 saturated heterocycles. The van der Waals surface area contributed by atoms with Crippen molar-refractivity contribution in [2.75, 3.05) is 38.6 Å². The highest BCUT2D eigenvalue weighted by Gasteiger charge is 2.10. The summed E-state index contributed by atoms with van der Waals surface area (Å²) in [6.45, 7) is 4.72. The van der Waals surface area contributed by atoms with Gasteiger partial charge >= 0.3 is 0 Å². The fourth-order valence-corrected chi connectivity index (χ4v) is 3.57. The van der Waals surface area contributed by atoms with Crippen LogP contribution in [0.5, 0.6) is 5.75 Å². The fraction of sp³-hybridized carbons (Fsp3) is 0.435. The highest BCUT2D eigenvalue weighted by atomic mass is 16.5. The molecule has 0 bridgehead atoms. The molecule has 0 radical (unpaired) electrons. The average Bonchev–Trinajstić information content (AvgIpc) is 2.74. The maximum atomic E-state index is 12.2. The third-order valence-corrected chi connectivity index (χ3v) is 5.19. The Hall–Kier alpha value is -2.53. The van der Waals surface area contributed by atoms with Crippen LogP contribution >= 0.6 is 0 Å². The molecule has 3 rings (SSSR count). The largest absolute Gasteiger partial charge is 0.496 e. The summed E-state index contributed by atoms with van der Waals surface area (Å²) in [6, 6.07) is 16.0. The lowest BCUT2D eigenvalue weighted by Gasteiger charge is -2.26. The third kappa shape index (κ3) is 6.27. The predicted molar refractivity (Wildman–Crippen MR) is 114 cm³/mol. The minimum Gasteiger partial charge on any atom is -0.496 e. The van der Waals surface area contributed by atoms with Crippen molar-refractivity contribution in [1.82, 2.24) is 10.2 Å². The minimum atomic E-state index is 0.0896. The summed E-state index contributed by atoms with van der Waals surface area (Å²) >= 11 is 0. The lowest BCUT2D eigenvalue weighted by molar-refractivity contribution is -0.120. The summed E-state index contributed by atoms with van der Waals surface area (Å²) in [5.74, 6) is 0.972. The van der Waals surface area contributed by atoms with E-state index in [1.165, 1.54) is 32.4 Å². The minimum absolute atomic E-state index is 0.0896. The maximum Gasteiger partial charge on any atom is 0.224 e. The summed E-state index contributed by atoms with van der Waals surface area (Å²) < 4.78 is 5.38. The zero-order valence-electron chi connectivity index (χ0n) is 16.7. The number of rotatable bonds is 9. The monoisotopic (exact) mass is 381 g/mol. The second-order valence-electron chi connectivity index (χ2n) is 7.29.